The van der Waals surface area contributed by atoms with Crippen molar-refractivity contribution in [1.29, 1.82) is 0 Å². The van der Waals surface area contributed by atoms with Crippen LogP contribution in [0.4, 0.5) is 11.6 Å². The van der Waals surface area contributed by atoms with E-state index >= 15 is 0 Å². The van der Waals surface area contributed by atoms with E-state index in [4.69, 9.17) is 5.11 Å². The summed E-state index contributed by atoms with van der Waals surface area (Å²) in [5, 5.41) is 15.4. The summed E-state index contributed by atoms with van der Waals surface area (Å²) in [5.74, 6) is 2.43. The number of anilines is 2. The number of rotatable bonds is 6. The van der Waals surface area contributed by atoms with Gasteiger partial charge in [0.05, 0.1) is 0 Å². The van der Waals surface area contributed by atoms with E-state index < -0.39 is 0 Å². The first-order valence-corrected chi connectivity index (χ1v) is 6.06. The molecule has 0 aromatic carbocycles. The molecule has 1 heterocycles. The molecule has 0 saturated heterocycles. The van der Waals surface area contributed by atoms with Crippen molar-refractivity contribution < 1.29 is 5.11 Å². The van der Waals surface area contributed by atoms with E-state index in [9.17, 15) is 0 Å². The van der Waals surface area contributed by atoms with Crippen LogP contribution in [-0.4, -0.2) is 35.3 Å². The fourth-order valence-corrected chi connectivity index (χ4v) is 1.99. The Kier molecular flexibility index (Phi) is 3.47. The van der Waals surface area contributed by atoms with Crippen LogP contribution in [0, 0.1) is 12.3 Å². The second kappa shape index (κ2) is 4.87. The summed E-state index contributed by atoms with van der Waals surface area (Å²) in [6.07, 6.45) is 3.27. The molecule has 94 valence electrons. The monoisotopic (exact) mass is 236 g/mol. The van der Waals surface area contributed by atoms with Gasteiger partial charge in [0.15, 0.2) is 0 Å². The van der Waals surface area contributed by atoms with Crippen molar-refractivity contribution in [3.05, 3.63) is 11.9 Å². The summed E-state index contributed by atoms with van der Waals surface area (Å²) in [4.78, 5) is 8.59. The number of nitrogens with zero attached hydrogens (tertiary/aromatic N) is 2. The van der Waals surface area contributed by atoms with Crippen LogP contribution in [0.1, 0.15) is 25.1 Å². The van der Waals surface area contributed by atoms with E-state index in [-0.39, 0.29) is 6.61 Å². The van der Waals surface area contributed by atoms with Crippen LogP contribution in [0.2, 0.25) is 0 Å². The standard InChI is InChI=1S/C12H20N4O/c1-9-15-10(13-2)7-11(16-9)14-8-12(3-4-12)5-6-17/h7,17H,3-6,8H2,1-2H3,(H2,13,14,15,16). The molecule has 0 spiro atoms. The summed E-state index contributed by atoms with van der Waals surface area (Å²) in [5.41, 5.74) is 0.299. The summed E-state index contributed by atoms with van der Waals surface area (Å²) < 4.78 is 0. The van der Waals surface area contributed by atoms with Crippen molar-refractivity contribution >= 4 is 11.6 Å². The van der Waals surface area contributed by atoms with Gasteiger partial charge in [0.2, 0.25) is 0 Å². The maximum Gasteiger partial charge on any atom is 0.131 e. The zero-order chi connectivity index (χ0) is 12.3. The SMILES string of the molecule is CNc1cc(NCC2(CCO)CC2)nc(C)n1. The number of hydrogen-bond acceptors (Lipinski definition) is 5. The maximum atomic E-state index is 9.00. The molecule has 5 nitrogen and oxygen atoms in total. The van der Waals surface area contributed by atoms with Gasteiger partial charge < -0.3 is 15.7 Å². The lowest BCUT2D eigenvalue weighted by atomic mass is 10.0. The van der Waals surface area contributed by atoms with Crippen LogP contribution in [0.3, 0.4) is 0 Å². The van der Waals surface area contributed by atoms with E-state index in [0.717, 1.165) is 30.4 Å². The smallest absolute Gasteiger partial charge is 0.131 e. The molecule has 3 N–H and O–H groups in total. The van der Waals surface area contributed by atoms with Crippen LogP contribution in [0.25, 0.3) is 0 Å². The van der Waals surface area contributed by atoms with Gasteiger partial charge >= 0.3 is 0 Å². The topological polar surface area (TPSA) is 70.1 Å². The first-order chi connectivity index (χ1) is 8.17. The molecule has 1 aromatic heterocycles. The Morgan fingerprint density at radius 2 is 2.06 bits per heavy atom. The molecule has 1 aliphatic rings. The van der Waals surface area contributed by atoms with E-state index in [1.165, 1.54) is 12.8 Å². The van der Waals surface area contributed by atoms with Crippen molar-refractivity contribution in [3.63, 3.8) is 0 Å². The van der Waals surface area contributed by atoms with Gasteiger partial charge in [0, 0.05) is 26.3 Å². The zero-order valence-corrected chi connectivity index (χ0v) is 10.5. The third-order valence-corrected chi connectivity index (χ3v) is 3.34. The number of hydrogen-bond donors (Lipinski definition) is 3. The van der Waals surface area contributed by atoms with Gasteiger partial charge in [-0.15, -0.1) is 0 Å². The number of aryl methyl sites for hydroxylation is 1. The molecule has 2 rings (SSSR count). The second-order valence-corrected chi connectivity index (χ2v) is 4.76. The van der Waals surface area contributed by atoms with Crippen LogP contribution < -0.4 is 10.6 Å². The molecule has 0 radical (unpaired) electrons. The van der Waals surface area contributed by atoms with Gasteiger partial charge in [-0.1, -0.05) is 0 Å². The summed E-state index contributed by atoms with van der Waals surface area (Å²) >= 11 is 0. The number of aliphatic hydroxyl groups is 1. The molecule has 0 aliphatic heterocycles. The van der Waals surface area contributed by atoms with Crippen LogP contribution in [0.15, 0.2) is 6.07 Å². The highest BCUT2D eigenvalue weighted by molar-refractivity contribution is 5.47. The molecular formula is C12H20N4O. The Bertz CT molecular complexity index is 390. The molecule has 1 fully saturated rings. The molecule has 1 saturated carbocycles. The molecule has 0 atom stereocenters. The molecule has 5 heteroatoms. The summed E-state index contributed by atoms with van der Waals surface area (Å²) in [6, 6.07) is 1.90. The number of aromatic nitrogens is 2. The average molecular weight is 236 g/mol. The highest BCUT2D eigenvalue weighted by atomic mass is 16.3. The minimum absolute atomic E-state index is 0.270. The molecule has 0 unspecified atom stereocenters. The Balaban J connectivity index is 1.97. The maximum absolute atomic E-state index is 9.00. The minimum atomic E-state index is 0.270. The fourth-order valence-electron chi connectivity index (χ4n) is 1.99. The predicted octanol–water partition coefficient (Wildman–Crippen LogP) is 1.40. The second-order valence-electron chi connectivity index (χ2n) is 4.76. The first-order valence-electron chi connectivity index (χ1n) is 6.06. The van der Waals surface area contributed by atoms with Gasteiger partial charge in [0.1, 0.15) is 17.5 Å². The molecular weight excluding hydrogens is 216 g/mol. The molecule has 1 aliphatic carbocycles. The Morgan fingerprint density at radius 3 is 2.65 bits per heavy atom. The lowest BCUT2D eigenvalue weighted by Crippen LogP contribution is -2.17. The molecule has 17 heavy (non-hydrogen) atoms. The molecule has 0 amide bonds. The average Bonchev–Trinajstić information content (AvgIpc) is 3.07. The van der Waals surface area contributed by atoms with Crippen LogP contribution in [0.5, 0.6) is 0 Å². The van der Waals surface area contributed by atoms with Crippen molar-refractivity contribution in [3.8, 4) is 0 Å². The van der Waals surface area contributed by atoms with Gasteiger partial charge in [0.25, 0.3) is 0 Å². The van der Waals surface area contributed by atoms with Crippen molar-refractivity contribution in [2.75, 3.05) is 30.8 Å². The van der Waals surface area contributed by atoms with Gasteiger partial charge in [-0.05, 0) is 31.6 Å². The van der Waals surface area contributed by atoms with Crippen LogP contribution in [-0.2, 0) is 0 Å². The van der Waals surface area contributed by atoms with Gasteiger partial charge in [-0.3, -0.25) is 0 Å². The predicted molar refractivity (Wildman–Crippen MR) is 68.2 cm³/mol. The highest BCUT2D eigenvalue weighted by Crippen LogP contribution is 2.48. The third-order valence-electron chi connectivity index (χ3n) is 3.34. The molecule has 0 bridgehead atoms. The lowest BCUT2D eigenvalue weighted by Gasteiger charge is -2.15. The largest absolute Gasteiger partial charge is 0.396 e. The number of aliphatic hydroxyl groups excluding tert-OH is 1. The summed E-state index contributed by atoms with van der Waals surface area (Å²) in [6.45, 7) is 3.03. The zero-order valence-electron chi connectivity index (χ0n) is 10.5. The van der Waals surface area contributed by atoms with Gasteiger partial charge in [-0.25, -0.2) is 9.97 Å². The Morgan fingerprint density at radius 1 is 1.35 bits per heavy atom. The summed E-state index contributed by atoms with van der Waals surface area (Å²) in [7, 11) is 1.85. The Labute approximate surface area is 102 Å². The third kappa shape index (κ3) is 3.06. The lowest BCUT2D eigenvalue weighted by molar-refractivity contribution is 0.253. The minimum Gasteiger partial charge on any atom is -0.396 e. The quantitative estimate of drug-likeness (QED) is 0.696. The van der Waals surface area contributed by atoms with E-state index in [2.05, 4.69) is 20.6 Å². The Hall–Kier alpha value is -1.36. The van der Waals surface area contributed by atoms with E-state index in [1.54, 1.807) is 0 Å². The molecule has 1 aromatic rings. The van der Waals surface area contributed by atoms with Crippen molar-refractivity contribution in [2.24, 2.45) is 5.41 Å². The fraction of sp³-hybridized carbons (Fsp3) is 0.667. The van der Waals surface area contributed by atoms with E-state index in [1.807, 2.05) is 20.0 Å². The van der Waals surface area contributed by atoms with Crippen molar-refractivity contribution in [2.45, 2.75) is 26.2 Å². The highest BCUT2D eigenvalue weighted by Gasteiger charge is 2.41. The first kappa shape index (κ1) is 12.1. The number of nitrogens with one attached hydrogen (secondary N) is 2. The normalized spacial score (nSPS) is 16.6. The van der Waals surface area contributed by atoms with E-state index in [0.29, 0.717) is 5.41 Å². The van der Waals surface area contributed by atoms with Crippen LogP contribution >= 0.6 is 0 Å². The van der Waals surface area contributed by atoms with Gasteiger partial charge in [-0.2, -0.15) is 0 Å². The van der Waals surface area contributed by atoms with Crippen molar-refractivity contribution in [1.82, 2.24) is 9.97 Å².